The summed E-state index contributed by atoms with van der Waals surface area (Å²) in [4.78, 5) is 13.5. The molecule has 2 rings (SSSR count). The smallest absolute Gasteiger partial charge is 0.224 e. The summed E-state index contributed by atoms with van der Waals surface area (Å²) in [5.74, 6) is 1.37. The fraction of sp³-hybridized carbons (Fsp3) is 0.714. The van der Waals surface area contributed by atoms with E-state index in [2.05, 4.69) is 34.8 Å². The fourth-order valence-corrected chi connectivity index (χ4v) is 2.52. The second-order valence-electron chi connectivity index (χ2n) is 5.60. The van der Waals surface area contributed by atoms with Gasteiger partial charge in [-0.25, -0.2) is 9.97 Å². The Labute approximate surface area is 110 Å². The van der Waals surface area contributed by atoms with E-state index in [1.54, 1.807) is 0 Å². The quantitative estimate of drug-likeness (QED) is 0.820. The maximum atomic E-state index is 4.68. The van der Waals surface area contributed by atoms with Gasteiger partial charge in [0.25, 0.3) is 0 Å². The highest BCUT2D eigenvalue weighted by molar-refractivity contribution is 5.28. The van der Waals surface area contributed by atoms with Crippen molar-refractivity contribution in [2.75, 3.05) is 32.1 Å². The largest absolute Gasteiger partial charge is 0.347 e. The number of piperidine rings is 1. The molecule has 18 heavy (non-hydrogen) atoms. The lowest BCUT2D eigenvalue weighted by Gasteiger charge is -2.35. The molecule has 0 aromatic carbocycles. The van der Waals surface area contributed by atoms with E-state index in [0.717, 1.165) is 12.5 Å². The molecule has 0 amide bonds. The van der Waals surface area contributed by atoms with Gasteiger partial charge in [0.05, 0.1) is 5.69 Å². The van der Waals surface area contributed by atoms with E-state index in [9.17, 15) is 0 Å². The third-order valence-corrected chi connectivity index (χ3v) is 3.67. The predicted molar refractivity (Wildman–Crippen MR) is 75.0 cm³/mol. The number of aromatic nitrogens is 2. The van der Waals surface area contributed by atoms with Crippen LogP contribution < -0.4 is 4.90 Å². The lowest BCUT2D eigenvalue weighted by molar-refractivity contribution is 0.166. The highest BCUT2D eigenvalue weighted by Gasteiger charge is 2.24. The van der Waals surface area contributed by atoms with Crippen molar-refractivity contribution in [2.24, 2.45) is 0 Å². The molecule has 0 radical (unpaired) electrons. The Morgan fingerprint density at radius 2 is 2.17 bits per heavy atom. The van der Waals surface area contributed by atoms with E-state index in [0.29, 0.717) is 12.0 Å². The lowest BCUT2D eigenvalue weighted by Crippen LogP contribution is -2.39. The fourth-order valence-electron chi connectivity index (χ4n) is 2.52. The zero-order valence-electron chi connectivity index (χ0n) is 11.9. The first-order chi connectivity index (χ1) is 8.58. The molecule has 2 heterocycles. The minimum atomic E-state index is 0.558. The van der Waals surface area contributed by atoms with Gasteiger partial charge in [-0.2, -0.15) is 0 Å². The van der Waals surface area contributed by atoms with Crippen LogP contribution in [0.5, 0.6) is 0 Å². The van der Waals surface area contributed by atoms with Crippen LogP contribution in [0.3, 0.4) is 0 Å². The van der Waals surface area contributed by atoms with Crippen molar-refractivity contribution in [3.05, 3.63) is 18.0 Å². The van der Waals surface area contributed by atoms with Crippen molar-refractivity contribution in [1.82, 2.24) is 14.9 Å². The van der Waals surface area contributed by atoms with Gasteiger partial charge in [0.15, 0.2) is 0 Å². The van der Waals surface area contributed by atoms with Gasteiger partial charge in [0, 0.05) is 38.8 Å². The van der Waals surface area contributed by atoms with Crippen LogP contribution in [0.4, 0.5) is 5.95 Å². The molecule has 1 aliphatic heterocycles. The van der Waals surface area contributed by atoms with Crippen molar-refractivity contribution in [1.29, 1.82) is 0 Å². The summed E-state index contributed by atoms with van der Waals surface area (Å²) in [7, 11) is 3.97. The maximum absolute atomic E-state index is 4.68. The Morgan fingerprint density at radius 1 is 1.39 bits per heavy atom. The Kier molecular flexibility index (Phi) is 4.17. The minimum Gasteiger partial charge on any atom is -0.347 e. The van der Waals surface area contributed by atoms with E-state index in [-0.39, 0.29) is 0 Å². The van der Waals surface area contributed by atoms with Crippen molar-refractivity contribution < 1.29 is 0 Å². The molecule has 0 N–H and O–H groups in total. The molecule has 4 heteroatoms. The summed E-state index contributed by atoms with van der Waals surface area (Å²) >= 11 is 0. The molecule has 1 fully saturated rings. The van der Waals surface area contributed by atoms with Crippen LogP contribution in [0.15, 0.2) is 12.3 Å². The summed E-state index contributed by atoms with van der Waals surface area (Å²) < 4.78 is 0. The van der Waals surface area contributed by atoms with Gasteiger partial charge in [0.1, 0.15) is 0 Å². The molecule has 0 bridgehead atoms. The molecular formula is C14H24N4. The number of anilines is 1. The van der Waals surface area contributed by atoms with E-state index in [1.165, 1.54) is 25.1 Å². The second-order valence-corrected chi connectivity index (χ2v) is 5.60. The maximum Gasteiger partial charge on any atom is 0.224 e. The molecule has 4 nitrogen and oxygen atoms in total. The molecular weight excluding hydrogens is 224 g/mol. The number of hydrogen-bond acceptors (Lipinski definition) is 4. The summed E-state index contributed by atoms with van der Waals surface area (Å²) in [6, 6.07) is 2.70. The number of hydrogen-bond donors (Lipinski definition) is 0. The van der Waals surface area contributed by atoms with E-state index >= 15 is 0 Å². The average molecular weight is 248 g/mol. The molecule has 100 valence electrons. The second kappa shape index (κ2) is 5.65. The molecule has 0 spiro atoms. The van der Waals surface area contributed by atoms with Crippen LogP contribution in [-0.2, 0) is 0 Å². The third-order valence-electron chi connectivity index (χ3n) is 3.67. The van der Waals surface area contributed by atoms with Gasteiger partial charge >= 0.3 is 0 Å². The number of likely N-dealkylation sites (tertiary alicyclic amines) is 1. The van der Waals surface area contributed by atoms with Crippen molar-refractivity contribution in [3.8, 4) is 0 Å². The topological polar surface area (TPSA) is 32.3 Å². The van der Waals surface area contributed by atoms with Crippen LogP contribution in [0.25, 0.3) is 0 Å². The highest BCUT2D eigenvalue weighted by atomic mass is 15.2. The van der Waals surface area contributed by atoms with Gasteiger partial charge in [0.2, 0.25) is 5.95 Å². The molecule has 1 unspecified atom stereocenters. The normalized spacial score (nSPS) is 21.3. The van der Waals surface area contributed by atoms with Crippen LogP contribution in [0.1, 0.15) is 38.3 Å². The van der Waals surface area contributed by atoms with E-state index in [4.69, 9.17) is 0 Å². The van der Waals surface area contributed by atoms with Gasteiger partial charge in [-0.15, -0.1) is 0 Å². The summed E-state index contributed by atoms with van der Waals surface area (Å²) in [6.07, 6.45) is 4.39. The average Bonchev–Trinajstić information content (AvgIpc) is 2.39. The Hall–Kier alpha value is -1.16. The summed E-state index contributed by atoms with van der Waals surface area (Å²) in [6.45, 7) is 6.89. The standard InChI is InChI=1S/C14H24N4/c1-11(2)18-9-5-6-12(10-18)13-7-8-15-14(16-13)17(3)4/h7-8,11-12H,5-6,9-10H2,1-4H3. The Bertz CT molecular complexity index is 389. The zero-order valence-corrected chi connectivity index (χ0v) is 11.9. The molecule has 1 saturated heterocycles. The Morgan fingerprint density at radius 3 is 2.83 bits per heavy atom. The SMILES string of the molecule is CC(C)N1CCCC(c2ccnc(N(C)C)n2)C1. The van der Waals surface area contributed by atoms with E-state index in [1.807, 2.05) is 25.2 Å². The molecule has 0 aliphatic carbocycles. The Balaban J connectivity index is 2.13. The zero-order chi connectivity index (χ0) is 13.1. The molecule has 1 aromatic rings. The summed E-state index contributed by atoms with van der Waals surface area (Å²) in [5, 5.41) is 0. The number of nitrogens with zero attached hydrogens (tertiary/aromatic N) is 4. The van der Waals surface area contributed by atoms with Crippen LogP contribution in [-0.4, -0.2) is 48.1 Å². The van der Waals surface area contributed by atoms with Crippen molar-refractivity contribution in [3.63, 3.8) is 0 Å². The lowest BCUT2D eigenvalue weighted by atomic mass is 9.94. The molecule has 1 atom stereocenters. The van der Waals surface area contributed by atoms with Crippen LogP contribution in [0.2, 0.25) is 0 Å². The first kappa shape index (κ1) is 13.3. The number of rotatable bonds is 3. The predicted octanol–water partition coefficient (Wildman–Crippen LogP) is 2.13. The van der Waals surface area contributed by atoms with Crippen LogP contribution in [0, 0.1) is 0 Å². The highest BCUT2D eigenvalue weighted by Crippen LogP contribution is 2.27. The third kappa shape index (κ3) is 2.99. The van der Waals surface area contributed by atoms with Gasteiger partial charge in [-0.05, 0) is 39.3 Å². The molecule has 1 aliphatic rings. The van der Waals surface area contributed by atoms with Crippen molar-refractivity contribution in [2.45, 2.75) is 38.6 Å². The van der Waals surface area contributed by atoms with Gasteiger partial charge in [-0.3, -0.25) is 0 Å². The van der Waals surface area contributed by atoms with Crippen LogP contribution >= 0.6 is 0 Å². The van der Waals surface area contributed by atoms with Crippen molar-refractivity contribution >= 4 is 5.95 Å². The van der Waals surface area contributed by atoms with Gasteiger partial charge < -0.3 is 9.80 Å². The van der Waals surface area contributed by atoms with E-state index < -0.39 is 0 Å². The first-order valence-corrected chi connectivity index (χ1v) is 6.82. The first-order valence-electron chi connectivity index (χ1n) is 6.82. The monoisotopic (exact) mass is 248 g/mol. The molecule has 1 aromatic heterocycles. The van der Waals surface area contributed by atoms with Gasteiger partial charge in [-0.1, -0.05) is 0 Å². The molecule has 0 saturated carbocycles. The minimum absolute atomic E-state index is 0.558. The summed E-state index contributed by atoms with van der Waals surface area (Å²) in [5.41, 5.74) is 1.19.